The van der Waals surface area contributed by atoms with E-state index in [0.29, 0.717) is 5.75 Å². The molecular weight excluding hydrogens is 450 g/mol. The predicted octanol–water partition coefficient (Wildman–Crippen LogP) is 6.24. The average Bonchev–Trinajstić information content (AvgIpc) is 2.42. The van der Waals surface area contributed by atoms with Crippen LogP contribution in [0, 0.1) is 0 Å². The molecule has 0 saturated heterocycles. The first kappa shape index (κ1) is 15.9. The number of para-hydroxylation sites is 1. The fourth-order valence-corrected chi connectivity index (χ4v) is 3.62. The Morgan fingerprint density at radius 1 is 1.10 bits per heavy atom. The molecule has 0 spiro atoms. The molecule has 0 heterocycles. The van der Waals surface area contributed by atoms with Crippen LogP contribution in [0.25, 0.3) is 0 Å². The maximum absolute atomic E-state index is 10.1. The van der Waals surface area contributed by atoms with E-state index in [4.69, 9.17) is 0 Å². The van der Waals surface area contributed by atoms with Crippen LogP contribution in [0.1, 0.15) is 24.9 Å². The third-order valence-corrected chi connectivity index (χ3v) is 4.87. The lowest BCUT2D eigenvalue weighted by Crippen LogP contribution is -2.11. The van der Waals surface area contributed by atoms with Gasteiger partial charge in [0, 0.05) is 19.0 Å². The zero-order valence-corrected chi connectivity index (χ0v) is 15.6. The molecule has 0 amide bonds. The summed E-state index contributed by atoms with van der Waals surface area (Å²) < 4.78 is 2.93. The summed E-state index contributed by atoms with van der Waals surface area (Å²) in [6, 6.07) is 11.5. The molecular formula is C15H14Br3NO. The molecule has 106 valence electrons. The minimum atomic E-state index is 0.0301. The molecule has 1 atom stereocenters. The Morgan fingerprint density at radius 3 is 2.35 bits per heavy atom. The molecule has 2 nitrogen and oxygen atoms in total. The van der Waals surface area contributed by atoms with E-state index in [1.165, 1.54) is 0 Å². The highest BCUT2D eigenvalue weighted by molar-refractivity contribution is 9.11. The number of aromatic hydroxyl groups is 1. The van der Waals surface area contributed by atoms with Crippen molar-refractivity contribution in [1.29, 1.82) is 0 Å². The van der Waals surface area contributed by atoms with Gasteiger partial charge in [-0.25, -0.2) is 0 Å². The monoisotopic (exact) mass is 461 g/mol. The molecule has 0 aromatic heterocycles. The number of phenols is 1. The van der Waals surface area contributed by atoms with Gasteiger partial charge in [0.1, 0.15) is 5.75 Å². The second-order valence-corrected chi connectivity index (χ2v) is 7.03. The molecule has 0 aliphatic carbocycles. The molecule has 2 aromatic rings. The van der Waals surface area contributed by atoms with E-state index in [-0.39, 0.29) is 6.04 Å². The predicted molar refractivity (Wildman–Crippen MR) is 94.3 cm³/mol. The molecule has 20 heavy (non-hydrogen) atoms. The van der Waals surface area contributed by atoms with Gasteiger partial charge in [0.25, 0.3) is 0 Å². The Bertz CT molecular complexity index is 596. The normalized spacial score (nSPS) is 12.2. The van der Waals surface area contributed by atoms with Gasteiger partial charge in [-0.15, -0.1) is 0 Å². The second kappa shape index (κ2) is 6.96. The van der Waals surface area contributed by atoms with Crippen LogP contribution in [0.3, 0.4) is 0 Å². The first-order chi connectivity index (χ1) is 9.52. The highest BCUT2D eigenvalue weighted by Crippen LogP contribution is 2.37. The van der Waals surface area contributed by atoms with Crippen molar-refractivity contribution in [2.24, 2.45) is 0 Å². The minimum Gasteiger partial charge on any atom is -0.508 e. The van der Waals surface area contributed by atoms with Crippen molar-refractivity contribution in [3.8, 4) is 5.75 Å². The van der Waals surface area contributed by atoms with Gasteiger partial charge in [0.05, 0.1) is 11.7 Å². The van der Waals surface area contributed by atoms with Gasteiger partial charge in [-0.05, 0) is 68.6 Å². The van der Waals surface area contributed by atoms with Crippen LogP contribution in [-0.2, 0) is 0 Å². The summed E-state index contributed by atoms with van der Waals surface area (Å²) in [6.45, 7) is 2.09. The van der Waals surface area contributed by atoms with Gasteiger partial charge in [0.2, 0.25) is 0 Å². The largest absolute Gasteiger partial charge is 0.508 e. The Balaban J connectivity index is 2.36. The standard InChI is InChI=1S/C15H14Br3NO/c1-2-13(10-8-9(16)6-7-14(10)20)19-15-11(17)4-3-5-12(15)18/h3-8,13,19-20H,2H2,1H3. The molecule has 2 aromatic carbocycles. The summed E-state index contributed by atoms with van der Waals surface area (Å²) in [5.74, 6) is 0.302. The molecule has 0 fully saturated rings. The van der Waals surface area contributed by atoms with Crippen molar-refractivity contribution in [3.63, 3.8) is 0 Å². The second-order valence-electron chi connectivity index (χ2n) is 4.40. The smallest absolute Gasteiger partial charge is 0.120 e. The average molecular weight is 464 g/mol. The van der Waals surface area contributed by atoms with Crippen molar-refractivity contribution in [1.82, 2.24) is 0 Å². The van der Waals surface area contributed by atoms with Crippen LogP contribution in [0.15, 0.2) is 49.8 Å². The number of phenolic OH excluding ortho intramolecular Hbond substituents is 1. The topological polar surface area (TPSA) is 32.3 Å². The number of hydrogen-bond acceptors (Lipinski definition) is 2. The number of anilines is 1. The third kappa shape index (κ3) is 3.57. The SMILES string of the molecule is CCC(Nc1c(Br)cccc1Br)c1cc(Br)ccc1O. The van der Waals surface area contributed by atoms with Crippen molar-refractivity contribution in [3.05, 3.63) is 55.4 Å². The number of benzene rings is 2. The lowest BCUT2D eigenvalue weighted by atomic mass is 10.0. The number of hydrogen-bond donors (Lipinski definition) is 2. The van der Waals surface area contributed by atoms with Gasteiger partial charge in [-0.2, -0.15) is 0 Å². The summed E-state index contributed by atoms with van der Waals surface area (Å²) in [5.41, 5.74) is 1.86. The van der Waals surface area contributed by atoms with E-state index in [1.54, 1.807) is 6.07 Å². The van der Waals surface area contributed by atoms with Gasteiger partial charge >= 0.3 is 0 Å². The number of rotatable bonds is 4. The van der Waals surface area contributed by atoms with Crippen molar-refractivity contribution in [2.75, 3.05) is 5.32 Å². The van der Waals surface area contributed by atoms with E-state index < -0.39 is 0 Å². The molecule has 0 radical (unpaired) electrons. The summed E-state index contributed by atoms with van der Waals surface area (Å²) in [7, 11) is 0. The van der Waals surface area contributed by atoms with Crippen molar-refractivity contribution < 1.29 is 5.11 Å². The van der Waals surface area contributed by atoms with Crippen molar-refractivity contribution in [2.45, 2.75) is 19.4 Å². The number of nitrogens with one attached hydrogen (secondary N) is 1. The maximum atomic E-state index is 10.1. The van der Waals surface area contributed by atoms with Gasteiger partial charge < -0.3 is 10.4 Å². The van der Waals surface area contributed by atoms with E-state index in [9.17, 15) is 5.11 Å². The quantitative estimate of drug-likeness (QED) is 0.562. The highest BCUT2D eigenvalue weighted by atomic mass is 79.9. The Hall–Kier alpha value is -0.520. The Kier molecular flexibility index (Phi) is 5.52. The van der Waals surface area contributed by atoms with Crippen molar-refractivity contribution >= 4 is 53.5 Å². The van der Waals surface area contributed by atoms with E-state index in [2.05, 4.69) is 60.0 Å². The van der Waals surface area contributed by atoms with Gasteiger partial charge in [-0.3, -0.25) is 0 Å². The Morgan fingerprint density at radius 2 is 1.75 bits per heavy atom. The van der Waals surface area contributed by atoms with Crippen LogP contribution in [0.4, 0.5) is 5.69 Å². The fourth-order valence-electron chi connectivity index (χ4n) is 2.01. The summed E-state index contributed by atoms with van der Waals surface area (Å²) in [6.07, 6.45) is 0.859. The molecule has 0 aliphatic rings. The molecule has 0 aliphatic heterocycles. The van der Waals surface area contributed by atoms with Crippen LogP contribution in [0.2, 0.25) is 0 Å². The van der Waals surface area contributed by atoms with E-state index >= 15 is 0 Å². The molecule has 0 saturated carbocycles. The molecule has 1 unspecified atom stereocenters. The van der Waals surface area contributed by atoms with Gasteiger partial charge in [0.15, 0.2) is 0 Å². The maximum Gasteiger partial charge on any atom is 0.120 e. The van der Waals surface area contributed by atoms with Crippen LogP contribution in [0.5, 0.6) is 5.75 Å². The first-order valence-corrected chi connectivity index (χ1v) is 8.59. The summed E-state index contributed by atoms with van der Waals surface area (Å²) >= 11 is 10.5. The zero-order valence-electron chi connectivity index (χ0n) is 10.8. The lowest BCUT2D eigenvalue weighted by Gasteiger charge is -2.22. The highest BCUT2D eigenvalue weighted by Gasteiger charge is 2.16. The van der Waals surface area contributed by atoms with Gasteiger partial charge in [-0.1, -0.05) is 28.9 Å². The third-order valence-electron chi connectivity index (χ3n) is 3.05. The summed E-state index contributed by atoms with van der Waals surface area (Å²) in [5, 5.41) is 13.5. The van der Waals surface area contributed by atoms with E-state index in [0.717, 1.165) is 31.1 Å². The molecule has 5 heteroatoms. The summed E-state index contributed by atoms with van der Waals surface area (Å²) in [4.78, 5) is 0. The van der Waals surface area contributed by atoms with Crippen LogP contribution >= 0.6 is 47.8 Å². The molecule has 0 bridgehead atoms. The fraction of sp³-hybridized carbons (Fsp3) is 0.200. The lowest BCUT2D eigenvalue weighted by molar-refractivity contribution is 0.462. The molecule has 2 N–H and O–H groups in total. The first-order valence-electron chi connectivity index (χ1n) is 6.22. The van der Waals surface area contributed by atoms with E-state index in [1.807, 2.05) is 30.3 Å². The molecule has 2 rings (SSSR count). The van der Waals surface area contributed by atoms with Crippen LogP contribution in [-0.4, -0.2) is 5.11 Å². The minimum absolute atomic E-state index is 0.0301. The Labute approximate surface area is 144 Å². The zero-order chi connectivity index (χ0) is 14.7. The van der Waals surface area contributed by atoms with Crippen LogP contribution < -0.4 is 5.32 Å². The number of halogens is 3.